The van der Waals surface area contributed by atoms with E-state index in [4.69, 9.17) is 4.74 Å². The van der Waals surface area contributed by atoms with Gasteiger partial charge >= 0.3 is 0 Å². The largest absolute Gasteiger partial charge is 0.496 e. The molecule has 0 aromatic heterocycles. The van der Waals surface area contributed by atoms with Gasteiger partial charge in [0.25, 0.3) is 0 Å². The summed E-state index contributed by atoms with van der Waals surface area (Å²) in [6, 6.07) is 0. The smallest absolute Gasteiger partial charge is 0.126 e. The number of ether oxygens (including phenoxy) is 1. The average molecular weight is 120 g/mol. The first kappa shape index (κ1) is 5.93. The van der Waals surface area contributed by atoms with Gasteiger partial charge in [-0.15, -0.1) is 5.73 Å². The highest BCUT2D eigenvalue weighted by Gasteiger charge is 1.84. The van der Waals surface area contributed by atoms with E-state index in [0.717, 1.165) is 5.76 Å². The second-order valence-corrected chi connectivity index (χ2v) is 1.64. The molecule has 9 heavy (non-hydrogen) atoms. The molecule has 0 N–H and O–H groups in total. The minimum Gasteiger partial charge on any atom is -0.496 e. The van der Waals surface area contributed by atoms with Crippen LogP contribution < -0.4 is 0 Å². The van der Waals surface area contributed by atoms with Crippen LogP contribution in [0.2, 0.25) is 0 Å². The summed E-state index contributed by atoms with van der Waals surface area (Å²) in [6.45, 7) is 0. The Morgan fingerprint density at radius 1 is 1.44 bits per heavy atom. The van der Waals surface area contributed by atoms with Crippen molar-refractivity contribution in [3.05, 3.63) is 41.9 Å². The van der Waals surface area contributed by atoms with Gasteiger partial charge in [-0.1, -0.05) is 12.2 Å². The molecule has 0 aliphatic heterocycles. The molecule has 0 amide bonds. The molecule has 1 aliphatic rings. The summed E-state index contributed by atoms with van der Waals surface area (Å²) in [5.74, 6) is 0.833. The third-order valence-corrected chi connectivity index (χ3v) is 1.03. The van der Waals surface area contributed by atoms with Crippen molar-refractivity contribution >= 4 is 0 Å². The van der Waals surface area contributed by atoms with Crippen LogP contribution in [-0.4, -0.2) is 7.11 Å². The molecule has 1 nitrogen and oxygen atoms in total. The van der Waals surface area contributed by atoms with Gasteiger partial charge in [0.1, 0.15) is 5.76 Å². The predicted octanol–water partition coefficient (Wildman–Crippen LogP) is 1.80. The van der Waals surface area contributed by atoms with Crippen LogP contribution in [0.15, 0.2) is 41.9 Å². The quantitative estimate of drug-likeness (QED) is 0.479. The van der Waals surface area contributed by atoms with Gasteiger partial charge in [0.15, 0.2) is 0 Å². The Morgan fingerprint density at radius 3 is 3.11 bits per heavy atom. The minimum absolute atomic E-state index is 0.833. The summed E-state index contributed by atoms with van der Waals surface area (Å²) < 4.78 is 4.94. The van der Waals surface area contributed by atoms with E-state index in [2.05, 4.69) is 5.73 Å². The highest BCUT2D eigenvalue weighted by molar-refractivity contribution is 5.24. The Balaban J connectivity index is 2.82. The van der Waals surface area contributed by atoms with E-state index < -0.39 is 0 Å². The summed E-state index contributed by atoms with van der Waals surface area (Å²) in [4.78, 5) is 0. The van der Waals surface area contributed by atoms with Crippen molar-refractivity contribution in [2.45, 2.75) is 0 Å². The van der Waals surface area contributed by atoms with Crippen LogP contribution in [0.5, 0.6) is 0 Å². The van der Waals surface area contributed by atoms with Crippen molar-refractivity contribution in [2.24, 2.45) is 0 Å². The number of hydrogen-bond donors (Lipinski definition) is 0. The molecule has 1 heteroatoms. The molecule has 0 fully saturated rings. The second-order valence-electron chi connectivity index (χ2n) is 1.64. The zero-order chi connectivity index (χ0) is 6.53. The standard InChI is InChI=1S/C8H8O/c1-9-8-6-4-2-3-5-7-8/h2-4,6-7H,1H3. The summed E-state index contributed by atoms with van der Waals surface area (Å²) in [5.41, 5.74) is 2.92. The zero-order valence-electron chi connectivity index (χ0n) is 5.29. The molecule has 46 valence electrons. The number of hydrogen-bond acceptors (Lipinski definition) is 1. The molecule has 0 unspecified atom stereocenters. The lowest BCUT2D eigenvalue weighted by Gasteiger charge is -1.93. The Kier molecular flexibility index (Phi) is 1.95. The van der Waals surface area contributed by atoms with E-state index in [1.165, 1.54) is 0 Å². The predicted molar refractivity (Wildman–Crippen MR) is 36.9 cm³/mol. The summed E-state index contributed by atoms with van der Waals surface area (Å²) in [5, 5.41) is 0. The van der Waals surface area contributed by atoms with Crippen molar-refractivity contribution in [3.63, 3.8) is 0 Å². The normalized spacial score (nSPS) is 15.0. The van der Waals surface area contributed by atoms with Gasteiger partial charge in [0.2, 0.25) is 0 Å². The van der Waals surface area contributed by atoms with E-state index in [9.17, 15) is 0 Å². The first-order valence-electron chi connectivity index (χ1n) is 2.77. The molecule has 0 radical (unpaired) electrons. The van der Waals surface area contributed by atoms with Crippen LogP contribution in [-0.2, 0) is 4.74 Å². The average Bonchev–Trinajstić information content (AvgIpc) is 2.13. The fraction of sp³-hybridized carbons (Fsp3) is 0.125. The monoisotopic (exact) mass is 120 g/mol. The van der Waals surface area contributed by atoms with Gasteiger partial charge in [-0.05, 0) is 12.2 Å². The van der Waals surface area contributed by atoms with Gasteiger partial charge in [0.05, 0.1) is 7.11 Å². The van der Waals surface area contributed by atoms with Crippen LogP contribution in [0.1, 0.15) is 0 Å². The first-order valence-corrected chi connectivity index (χ1v) is 2.77. The Bertz CT molecular complexity index is 203. The molecule has 0 saturated heterocycles. The van der Waals surface area contributed by atoms with Gasteiger partial charge < -0.3 is 4.74 Å². The van der Waals surface area contributed by atoms with Crippen LogP contribution >= 0.6 is 0 Å². The summed E-state index contributed by atoms with van der Waals surface area (Å²) in [6.07, 6.45) is 9.33. The van der Waals surface area contributed by atoms with E-state index in [-0.39, 0.29) is 0 Å². The Labute approximate surface area is 54.6 Å². The molecule has 0 saturated carbocycles. The SMILES string of the molecule is COC1=CC=CC=C=C1. The third kappa shape index (κ3) is 1.63. The van der Waals surface area contributed by atoms with E-state index in [1.807, 2.05) is 24.3 Å². The first-order chi connectivity index (χ1) is 4.43. The maximum atomic E-state index is 4.94. The molecule has 0 aromatic carbocycles. The highest BCUT2D eigenvalue weighted by atomic mass is 16.5. The molecule has 1 aliphatic carbocycles. The van der Waals surface area contributed by atoms with Crippen molar-refractivity contribution in [3.8, 4) is 0 Å². The van der Waals surface area contributed by atoms with Crippen LogP contribution in [0.3, 0.4) is 0 Å². The second kappa shape index (κ2) is 2.95. The fourth-order valence-corrected chi connectivity index (χ4v) is 0.567. The lowest BCUT2D eigenvalue weighted by Crippen LogP contribution is -1.77. The number of allylic oxidation sites excluding steroid dienone is 4. The van der Waals surface area contributed by atoms with Gasteiger partial charge in [-0.3, -0.25) is 0 Å². The lowest BCUT2D eigenvalue weighted by atomic mass is 10.4. The summed E-state index contributed by atoms with van der Waals surface area (Å²) in [7, 11) is 1.64. The maximum Gasteiger partial charge on any atom is 0.126 e. The maximum absolute atomic E-state index is 4.94. The lowest BCUT2D eigenvalue weighted by molar-refractivity contribution is 0.307. The van der Waals surface area contributed by atoms with E-state index >= 15 is 0 Å². The van der Waals surface area contributed by atoms with Crippen molar-refractivity contribution in [2.75, 3.05) is 7.11 Å². The Morgan fingerprint density at radius 2 is 2.33 bits per heavy atom. The topological polar surface area (TPSA) is 9.23 Å². The molecule has 1 rings (SSSR count). The Hall–Kier alpha value is -1.20. The van der Waals surface area contributed by atoms with Crippen molar-refractivity contribution in [1.29, 1.82) is 0 Å². The van der Waals surface area contributed by atoms with E-state index in [0.29, 0.717) is 0 Å². The highest BCUT2D eigenvalue weighted by Crippen LogP contribution is 1.99. The van der Waals surface area contributed by atoms with Gasteiger partial charge in [-0.2, -0.15) is 0 Å². The van der Waals surface area contributed by atoms with Crippen LogP contribution in [0.4, 0.5) is 0 Å². The molecular weight excluding hydrogens is 112 g/mol. The van der Waals surface area contributed by atoms with Crippen molar-refractivity contribution in [1.82, 2.24) is 0 Å². The van der Waals surface area contributed by atoms with Gasteiger partial charge in [-0.25, -0.2) is 0 Å². The molecule has 0 bridgehead atoms. The molecule has 0 atom stereocenters. The minimum atomic E-state index is 0.833. The van der Waals surface area contributed by atoms with Crippen molar-refractivity contribution < 1.29 is 4.74 Å². The number of rotatable bonds is 1. The molecule has 0 heterocycles. The zero-order valence-corrected chi connectivity index (χ0v) is 5.29. The van der Waals surface area contributed by atoms with Crippen LogP contribution in [0.25, 0.3) is 0 Å². The third-order valence-electron chi connectivity index (χ3n) is 1.03. The number of methoxy groups -OCH3 is 1. The molecule has 0 spiro atoms. The molecule has 0 aromatic rings. The van der Waals surface area contributed by atoms with E-state index in [1.54, 1.807) is 13.2 Å². The van der Waals surface area contributed by atoms with Gasteiger partial charge in [0, 0.05) is 6.08 Å². The summed E-state index contributed by atoms with van der Waals surface area (Å²) >= 11 is 0. The molecular formula is C8H8O. The van der Waals surface area contributed by atoms with Crippen LogP contribution in [0, 0.1) is 0 Å². The fourth-order valence-electron chi connectivity index (χ4n) is 0.567.